The van der Waals surface area contributed by atoms with Crippen molar-refractivity contribution in [3.05, 3.63) is 70.7 Å². The van der Waals surface area contributed by atoms with E-state index < -0.39 is 10.1 Å². The molecule has 26 heavy (non-hydrogen) atoms. The third-order valence-electron chi connectivity index (χ3n) is 4.08. The van der Waals surface area contributed by atoms with Crippen LogP contribution in [0.3, 0.4) is 0 Å². The van der Waals surface area contributed by atoms with Gasteiger partial charge in [-0.1, -0.05) is 41.4 Å². The maximum absolute atomic E-state index is 11.9. The van der Waals surface area contributed by atoms with Gasteiger partial charge in [0.2, 0.25) is 0 Å². The third kappa shape index (κ3) is 2.93. The Morgan fingerprint density at radius 1 is 0.808 bits per heavy atom. The van der Waals surface area contributed by atoms with Crippen molar-refractivity contribution in [1.29, 1.82) is 0 Å². The van der Waals surface area contributed by atoms with E-state index in [0.29, 0.717) is 43.1 Å². The maximum atomic E-state index is 11.9. The molecule has 1 N–H and O–H groups in total. The summed E-state index contributed by atoms with van der Waals surface area (Å²) in [5.41, 5.74) is 1.94. The fourth-order valence-corrected chi connectivity index (χ4v) is 4.05. The van der Waals surface area contributed by atoms with Crippen LogP contribution in [0.15, 0.2) is 70.0 Å². The summed E-state index contributed by atoms with van der Waals surface area (Å²) >= 11 is 12.2. The van der Waals surface area contributed by atoms with Gasteiger partial charge in [0.15, 0.2) is 0 Å². The molecule has 0 radical (unpaired) electrons. The maximum Gasteiger partial charge on any atom is 0.362 e. The minimum Gasteiger partial charge on any atom is -0.282 e. The van der Waals surface area contributed by atoms with Gasteiger partial charge in [-0.05, 0) is 30.3 Å². The molecule has 0 saturated heterocycles. The molecule has 0 aliphatic carbocycles. The van der Waals surface area contributed by atoms with Crippen LogP contribution in [0.5, 0.6) is 0 Å². The summed E-state index contributed by atoms with van der Waals surface area (Å²) in [7, 11) is -4.42. The number of rotatable bonds is 2. The average molecular weight is 406 g/mol. The molecule has 4 aromatic rings. The normalized spacial score (nSPS) is 12.0. The monoisotopic (exact) mass is 405 g/mol. The molecule has 0 fully saturated rings. The third-order valence-corrected chi connectivity index (χ3v) is 5.46. The zero-order valence-electron chi connectivity index (χ0n) is 13.1. The molecular formula is C19H11Cl2O4S+. The summed E-state index contributed by atoms with van der Waals surface area (Å²) in [6.45, 7) is 0. The van der Waals surface area contributed by atoms with Crippen LogP contribution in [0.25, 0.3) is 33.1 Å². The van der Waals surface area contributed by atoms with E-state index in [-0.39, 0.29) is 4.90 Å². The molecule has 4 rings (SSSR count). The van der Waals surface area contributed by atoms with Crippen molar-refractivity contribution in [2.75, 3.05) is 0 Å². The van der Waals surface area contributed by atoms with Crippen LogP contribution in [0, 0.1) is 0 Å². The van der Waals surface area contributed by atoms with Crippen molar-refractivity contribution < 1.29 is 17.4 Å². The highest BCUT2D eigenvalue weighted by Crippen LogP contribution is 2.40. The smallest absolute Gasteiger partial charge is 0.282 e. The number of benzene rings is 3. The molecule has 0 spiro atoms. The van der Waals surface area contributed by atoms with Crippen molar-refractivity contribution in [2.24, 2.45) is 0 Å². The molecule has 0 aliphatic rings. The first-order valence-corrected chi connectivity index (χ1v) is 9.76. The molecule has 3 aromatic carbocycles. The molecule has 7 heteroatoms. The minimum absolute atomic E-state index is 0.182. The molecule has 0 aliphatic heterocycles. The Bertz CT molecular complexity index is 1220. The summed E-state index contributed by atoms with van der Waals surface area (Å²) in [4.78, 5) is -0.182. The lowest BCUT2D eigenvalue weighted by Crippen LogP contribution is -2.01. The van der Waals surface area contributed by atoms with E-state index in [1.807, 2.05) is 0 Å². The van der Waals surface area contributed by atoms with Crippen molar-refractivity contribution in [1.82, 2.24) is 0 Å². The molecule has 0 saturated carbocycles. The lowest BCUT2D eigenvalue weighted by atomic mass is 9.97. The van der Waals surface area contributed by atoms with Crippen LogP contribution in [0.1, 0.15) is 0 Å². The van der Waals surface area contributed by atoms with E-state index >= 15 is 0 Å². The Hall–Kier alpha value is -2.18. The lowest BCUT2D eigenvalue weighted by molar-refractivity contribution is 0.483. The average Bonchev–Trinajstić information content (AvgIpc) is 2.58. The second kappa shape index (κ2) is 6.21. The quantitative estimate of drug-likeness (QED) is 0.249. The van der Waals surface area contributed by atoms with Crippen LogP contribution >= 0.6 is 23.2 Å². The molecule has 1 heterocycles. The first-order valence-electron chi connectivity index (χ1n) is 7.56. The first kappa shape index (κ1) is 17.2. The molecule has 0 amide bonds. The summed E-state index contributed by atoms with van der Waals surface area (Å²) in [6.07, 6.45) is 0. The highest BCUT2D eigenvalue weighted by Gasteiger charge is 2.25. The predicted octanol–water partition coefficient (Wildman–Crippen LogP) is 6.09. The Balaban J connectivity index is 2.25. The van der Waals surface area contributed by atoms with Crippen molar-refractivity contribution in [3.8, 4) is 11.1 Å². The zero-order valence-corrected chi connectivity index (χ0v) is 15.4. The van der Waals surface area contributed by atoms with E-state index in [1.165, 1.54) is 6.07 Å². The number of fused-ring (bicyclic) bond motifs is 2. The molecular weight excluding hydrogens is 395 g/mol. The Morgan fingerprint density at radius 2 is 1.35 bits per heavy atom. The molecule has 0 unspecified atom stereocenters. The van der Waals surface area contributed by atoms with Gasteiger partial charge in [-0.15, -0.1) is 0 Å². The topological polar surface area (TPSA) is 65.7 Å². The standard InChI is InChI=1S/C19H10Cl2O4S/c20-11-5-7-13-16(9-11)25-17-10-12(21)6-8-14(17)19(13)15-3-1-2-4-18(15)26(22,23)24/h1-10H/p+1. The van der Waals surface area contributed by atoms with Gasteiger partial charge in [0.1, 0.15) is 4.90 Å². The highest BCUT2D eigenvalue weighted by molar-refractivity contribution is 7.86. The van der Waals surface area contributed by atoms with Crippen LogP contribution in [-0.4, -0.2) is 13.0 Å². The van der Waals surface area contributed by atoms with Gasteiger partial charge in [0, 0.05) is 11.1 Å². The number of hydrogen-bond acceptors (Lipinski definition) is 2. The van der Waals surface area contributed by atoms with Crippen molar-refractivity contribution in [3.63, 3.8) is 0 Å². The second-order valence-corrected chi connectivity index (χ2v) is 7.99. The SMILES string of the molecule is O=S(=O)(O)c1ccccc1-c1c2ccc(Cl)cc2[o+]c2cc(Cl)ccc12. The van der Waals surface area contributed by atoms with Gasteiger partial charge in [0.05, 0.1) is 33.0 Å². The summed E-state index contributed by atoms with van der Waals surface area (Å²) in [6, 6.07) is 16.5. The van der Waals surface area contributed by atoms with E-state index in [0.717, 1.165) is 0 Å². The van der Waals surface area contributed by atoms with Gasteiger partial charge in [-0.2, -0.15) is 8.42 Å². The zero-order chi connectivity index (χ0) is 18.5. The lowest BCUT2D eigenvalue weighted by Gasteiger charge is -2.09. The van der Waals surface area contributed by atoms with Crippen LogP contribution < -0.4 is 0 Å². The van der Waals surface area contributed by atoms with E-state index in [2.05, 4.69) is 0 Å². The minimum atomic E-state index is -4.42. The summed E-state index contributed by atoms with van der Waals surface area (Å²) in [5.74, 6) is 0. The summed E-state index contributed by atoms with van der Waals surface area (Å²) in [5, 5.41) is 2.30. The molecule has 4 nitrogen and oxygen atoms in total. The number of halogens is 2. The molecule has 0 bridgehead atoms. The molecule has 1 aromatic heterocycles. The fraction of sp³-hybridized carbons (Fsp3) is 0. The largest absolute Gasteiger partial charge is 0.362 e. The fourth-order valence-electron chi connectivity index (χ4n) is 3.03. The van der Waals surface area contributed by atoms with Crippen molar-refractivity contribution >= 4 is 55.3 Å². The van der Waals surface area contributed by atoms with E-state index in [9.17, 15) is 13.0 Å². The highest BCUT2D eigenvalue weighted by atomic mass is 35.5. The Kier molecular flexibility index (Phi) is 4.12. The van der Waals surface area contributed by atoms with Gasteiger partial charge < -0.3 is 0 Å². The van der Waals surface area contributed by atoms with Crippen LogP contribution in [-0.2, 0) is 10.1 Å². The van der Waals surface area contributed by atoms with Crippen LogP contribution in [0.2, 0.25) is 10.0 Å². The van der Waals surface area contributed by atoms with Gasteiger partial charge in [-0.3, -0.25) is 4.55 Å². The molecule has 130 valence electrons. The molecule has 0 atom stereocenters. The first-order chi connectivity index (χ1) is 12.3. The van der Waals surface area contributed by atoms with Crippen molar-refractivity contribution in [2.45, 2.75) is 4.90 Å². The Morgan fingerprint density at radius 3 is 1.88 bits per heavy atom. The summed E-state index contributed by atoms with van der Waals surface area (Å²) < 4.78 is 39.4. The second-order valence-electron chi connectivity index (χ2n) is 5.73. The predicted molar refractivity (Wildman–Crippen MR) is 103 cm³/mol. The van der Waals surface area contributed by atoms with E-state index in [1.54, 1.807) is 54.6 Å². The van der Waals surface area contributed by atoms with Gasteiger partial charge in [0.25, 0.3) is 10.1 Å². The van der Waals surface area contributed by atoms with Gasteiger partial charge >= 0.3 is 11.2 Å². The van der Waals surface area contributed by atoms with Crippen LogP contribution in [0.4, 0.5) is 0 Å². The van der Waals surface area contributed by atoms with E-state index in [4.69, 9.17) is 27.6 Å². The van der Waals surface area contributed by atoms with Gasteiger partial charge in [-0.25, -0.2) is 4.42 Å². The number of hydrogen-bond donors (Lipinski definition) is 1. The Labute approximate surface area is 159 Å².